The maximum absolute atomic E-state index is 12.5. The van der Waals surface area contributed by atoms with Crippen LogP contribution in [0.3, 0.4) is 0 Å². The molecule has 0 aliphatic rings. The van der Waals surface area contributed by atoms with Crippen molar-refractivity contribution in [3.8, 4) is 22.9 Å². The Balaban J connectivity index is 1.56. The Morgan fingerprint density at radius 1 is 1.03 bits per heavy atom. The molecule has 0 aliphatic carbocycles. The molecule has 1 amide bonds. The van der Waals surface area contributed by atoms with Gasteiger partial charge in [0.1, 0.15) is 11.6 Å². The van der Waals surface area contributed by atoms with E-state index in [9.17, 15) is 4.79 Å². The van der Waals surface area contributed by atoms with Gasteiger partial charge in [0.2, 0.25) is 5.88 Å². The van der Waals surface area contributed by atoms with E-state index in [0.29, 0.717) is 27.9 Å². The largest absolute Gasteiger partial charge is 0.438 e. The standard InChI is InChI=1S/C25H21ClN4O2/c1-3-23-27-14-12-21(30-23)19-8-6-13-28-25(19)32-22-11-10-17(15-16(22)2)29-24(31)18-7-4-5-9-20(18)26/h4-15H,3H2,1-2H3,(H,29,31). The molecule has 0 fully saturated rings. The Hall–Kier alpha value is -3.77. The Kier molecular flexibility index (Phi) is 6.42. The summed E-state index contributed by atoms with van der Waals surface area (Å²) in [4.78, 5) is 25.8. The fraction of sp³-hybridized carbons (Fsp3) is 0.120. The van der Waals surface area contributed by atoms with E-state index in [1.807, 2.05) is 38.1 Å². The fourth-order valence-corrected chi connectivity index (χ4v) is 3.40. The number of benzene rings is 2. The fourth-order valence-electron chi connectivity index (χ4n) is 3.18. The lowest BCUT2D eigenvalue weighted by Crippen LogP contribution is -2.12. The van der Waals surface area contributed by atoms with Gasteiger partial charge in [0.15, 0.2) is 0 Å². The van der Waals surface area contributed by atoms with Crippen LogP contribution in [0.4, 0.5) is 5.69 Å². The first-order valence-electron chi connectivity index (χ1n) is 10.2. The van der Waals surface area contributed by atoms with Crippen molar-refractivity contribution in [2.75, 3.05) is 5.32 Å². The number of halogens is 1. The van der Waals surface area contributed by atoms with Crippen molar-refractivity contribution in [2.45, 2.75) is 20.3 Å². The molecule has 160 valence electrons. The summed E-state index contributed by atoms with van der Waals surface area (Å²) >= 11 is 6.12. The highest BCUT2D eigenvalue weighted by Crippen LogP contribution is 2.32. The number of carbonyl (C=O) groups excluding carboxylic acids is 1. The van der Waals surface area contributed by atoms with Crippen molar-refractivity contribution >= 4 is 23.2 Å². The number of rotatable bonds is 6. The molecule has 2 aromatic carbocycles. The van der Waals surface area contributed by atoms with Gasteiger partial charge in [0.05, 0.1) is 21.8 Å². The normalized spacial score (nSPS) is 10.6. The summed E-state index contributed by atoms with van der Waals surface area (Å²) in [5, 5.41) is 3.27. The number of nitrogens with zero attached hydrogens (tertiary/aromatic N) is 3. The van der Waals surface area contributed by atoms with Crippen molar-refractivity contribution in [3.63, 3.8) is 0 Å². The molecule has 32 heavy (non-hydrogen) atoms. The molecule has 0 unspecified atom stereocenters. The lowest BCUT2D eigenvalue weighted by molar-refractivity contribution is 0.102. The van der Waals surface area contributed by atoms with Crippen LogP contribution in [0.5, 0.6) is 11.6 Å². The van der Waals surface area contributed by atoms with Crippen molar-refractivity contribution in [1.29, 1.82) is 0 Å². The molecule has 0 saturated heterocycles. The first kappa shape index (κ1) is 21.5. The highest BCUT2D eigenvalue weighted by Gasteiger charge is 2.14. The van der Waals surface area contributed by atoms with E-state index in [1.165, 1.54) is 0 Å². The minimum atomic E-state index is -0.272. The number of anilines is 1. The molecule has 2 aromatic heterocycles. The van der Waals surface area contributed by atoms with Gasteiger partial charge in [-0.2, -0.15) is 0 Å². The van der Waals surface area contributed by atoms with Gasteiger partial charge < -0.3 is 10.1 Å². The van der Waals surface area contributed by atoms with Crippen molar-refractivity contribution < 1.29 is 9.53 Å². The van der Waals surface area contributed by atoms with Crippen LogP contribution in [0.1, 0.15) is 28.7 Å². The molecule has 4 rings (SSSR count). The first-order valence-corrected chi connectivity index (χ1v) is 10.5. The Morgan fingerprint density at radius 2 is 1.88 bits per heavy atom. The van der Waals surface area contributed by atoms with E-state index in [-0.39, 0.29) is 5.91 Å². The van der Waals surface area contributed by atoms with Crippen molar-refractivity contribution in [3.05, 3.63) is 95.0 Å². The van der Waals surface area contributed by atoms with Crippen LogP contribution in [0.2, 0.25) is 5.02 Å². The lowest BCUT2D eigenvalue weighted by atomic mass is 10.1. The van der Waals surface area contributed by atoms with Crippen LogP contribution in [0.15, 0.2) is 73.1 Å². The second kappa shape index (κ2) is 9.58. The highest BCUT2D eigenvalue weighted by molar-refractivity contribution is 6.34. The van der Waals surface area contributed by atoms with E-state index in [2.05, 4.69) is 20.3 Å². The van der Waals surface area contributed by atoms with Gasteiger partial charge in [-0.1, -0.05) is 30.7 Å². The molecule has 4 aromatic rings. The summed E-state index contributed by atoms with van der Waals surface area (Å²) in [5.41, 5.74) is 3.43. The topological polar surface area (TPSA) is 77.0 Å². The smallest absolute Gasteiger partial charge is 0.257 e. The summed E-state index contributed by atoms with van der Waals surface area (Å²) in [5.74, 6) is 1.56. The van der Waals surface area contributed by atoms with Crippen LogP contribution in [0, 0.1) is 6.92 Å². The zero-order chi connectivity index (χ0) is 22.5. The zero-order valence-electron chi connectivity index (χ0n) is 17.7. The molecule has 1 N–H and O–H groups in total. The van der Waals surface area contributed by atoms with Gasteiger partial charge in [-0.25, -0.2) is 15.0 Å². The van der Waals surface area contributed by atoms with Gasteiger partial charge in [0.25, 0.3) is 5.91 Å². The van der Waals surface area contributed by atoms with Gasteiger partial charge in [-0.3, -0.25) is 4.79 Å². The van der Waals surface area contributed by atoms with Crippen molar-refractivity contribution in [1.82, 2.24) is 15.0 Å². The maximum atomic E-state index is 12.5. The molecule has 2 heterocycles. The lowest BCUT2D eigenvalue weighted by Gasteiger charge is -2.13. The third-order valence-corrected chi connectivity index (χ3v) is 5.16. The number of pyridine rings is 1. The molecular formula is C25H21ClN4O2. The minimum Gasteiger partial charge on any atom is -0.438 e. The number of nitrogens with one attached hydrogen (secondary N) is 1. The Morgan fingerprint density at radius 3 is 2.66 bits per heavy atom. The number of carbonyl (C=O) groups is 1. The predicted octanol–water partition coefficient (Wildman–Crippen LogP) is 6.11. The second-order valence-corrected chi connectivity index (χ2v) is 7.49. The van der Waals surface area contributed by atoms with E-state index in [4.69, 9.17) is 16.3 Å². The van der Waals surface area contributed by atoms with E-state index in [1.54, 1.807) is 48.8 Å². The molecule has 0 spiro atoms. The summed E-state index contributed by atoms with van der Waals surface area (Å²) in [6.07, 6.45) is 4.15. The molecular weight excluding hydrogens is 424 g/mol. The molecule has 0 aliphatic heterocycles. The van der Waals surface area contributed by atoms with E-state index in [0.717, 1.165) is 29.1 Å². The average molecular weight is 445 g/mol. The van der Waals surface area contributed by atoms with Crippen LogP contribution >= 0.6 is 11.6 Å². The molecule has 0 atom stereocenters. The number of hydrogen-bond donors (Lipinski definition) is 1. The Labute approximate surface area is 191 Å². The molecule has 0 saturated carbocycles. The number of aryl methyl sites for hydroxylation is 2. The third kappa shape index (κ3) is 4.76. The van der Waals surface area contributed by atoms with Crippen molar-refractivity contribution in [2.24, 2.45) is 0 Å². The summed E-state index contributed by atoms with van der Waals surface area (Å²) in [6, 6.07) is 17.9. The summed E-state index contributed by atoms with van der Waals surface area (Å²) < 4.78 is 6.13. The number of ether oxygens (including phenoxy) is 1. The zero-order valence-corrected chi connectivity index (χ0v) is 18.4. The quantitative estimate of drug-likeness (QED) is 0.388. The van der Waals surface area contributed by atoms with Gasteiger partial charge in [-0.05, 0) is 61.0 Å². The highest BCUT2D eigenvalue weighted by atomic mass is 35.5. The SMILES string of the molecule is CCc1nccc(-c2cccnc2Oc2ccc(NC(=O)c3ccccc3Cl)cc2C)n1. The maximum Gasteiger partial charge on any atom is 0.257 e. The minimum absolute atomic E-state index is 0.272. The summed E-state index contributed by atoms with van der Waals surface area (Å²) in [6.45, 7) is 3.91. The van der Waals surface area contributed by atoms with Gasteiger partial charge >= 0.3 is 0 Å². The second-order valence-electron chi connectivity index (χ2n) is 7.08. The van der Waals surface area contributed by atoms with Crippen LogP contribution in [-0.4, -0.2) is 20.9 Å². The van der Waals surface area contributed by atoms with Gasteiger partial charge in [0, 0.05) is 24.5 Å². The average Bonchev–Trinajstić information content (AvgIpc) is 2.81. The number of hydrogen-bond acceptors (Lipinski definition) is 5. The number of amides is 1. The molecule has 7 heteroatoms. The Bertz CT molecular complexity index is 1280. The molecule has 6 nitrogen and oxygen atoms in total. The summed E-state index contributed by atoms with van der Waals surface area (Å²) in [7, 11) is 0. The predicted molar refractivity (Wildman–Crippen MR) is 125 cm³/mol. The first-order chi connectivity index (χ1) is 15.5. The van der Waals surface area contributed by atoms with Crippen LogP contribution in [-0.2, 0) is 6.42 Å². The van der Waals surface area contributed by atoms with E-state index >= 15 is 0 Å². The van der Waals surface area contributed by atoms with Gasteiger partial charge in [-0.15, -0.1) is 0 Å². The molecule has 0 bridgehead atoms. The van der Waals surface area contributed by atoms with Crippen LogP contribution < -0.4 is 10.1 Å². The molecule has 0 radical (unpaired) electrons. The van der Waals surface area contributed by atoms with E-state index < -0.39 is 0 Å². The van der Waals surface area contributed by atoms with Crippen LogP contribution in [0.25, 0.3) is 11.3 Å². The number of aromatic nitrogens is 3. The monoisotopic (exact) mass is 444 g/mol. The third-order valence-electron chi connectivity index (χ3n) is 4.83.